The van der Waals surface area contributed by atoms with Gasteiger partial charge in [0.15, 0.2) is 0 Å². The van der Waals surface area contributed by atoms with Gasteiger partial charge in [0.2, 0.25) is 0 Å². The van der Waals surface area contributed by atoms with E-state index >= 15 is 0 Å². The number of fused-ring (bicyclic) bond motifs is 1. The normalized spacial score (nSPS) is 18.3. The zero-order valence-corrected chi connectivity index (χ0v) is 10.4. The second kappa shape index (κ2) is 5.85. The van der Waals surface area contributed by atoms with Crippen LogP contribution in [0.5, 0.6) is 5.75 Å². The molecule has 17 heavy (non-hydrogen) atoms. The molecule has 2 nitrogen and oxygen atoms in total. The molecule has 0 saturated heterocycles. The zero-order valence-electron chi connectivity index (χ0n) is 10.4. The van der Waals surface area contributed by atoms with E-state index in [1.54, 1.807) is 0 Å². The lowest BCUT2D eigenvalue weighted by atomic mass is 9.88. The van der Waals surface area contributed by atoms with Gasteiger partial charge in [-0.2, -0.15) is 0 Å². The topological polar surface area (TPSA) is 26.3 Å². The summed E-state index contributed by atoms with van der Waals surface area (Å²) in [6.45, 7) is 2.84. The minimum absolute atomic E-state index is 0.400. The number of hydrogen-bond acceptors (Lipinski definition) is 2. The molecule has 0 radical (unpaired) electrons. The molecule has 1 atom stereocenters. The van der Waals surface area contributed by atoms with E-state index in [0.717, 1.165) is 38.0 Å². The standard InChI is InChI=1S/C15H20O2/c1-2-5-13(16)9-8-12-10-11-17-15-7-4-3-6-14(12)15/h3-4,6-7,12H,2,5,8-11H2,1H3. The molecule has 2 heteroatoms. The molecule has 0 bridgehead atoms. The molecule has 0 aromatic heterocycles. The number of benzene rings is 1. The lowest BCUT2D eigenvalue weighted by molar-refractivity contribution is -0.119. The lowest BCUT2D eigenvalue weighted by Gasteiger charge is -2.25. The summed E-state index contributed by atoms with van der Waals surface area (Å²) in [6.07, 6.45) is 4.41. The molecule has 0 N–H and O–H groups in total. The SMILES string of the molecule is CCCC(=O)CCC1CCOc2ccccc21. The molecular formula is C15H20O2. The monoisotopic (exact) mass is 232 g/mol. The maximum Gasteiger partial charge on any atom is 0.132 e. The smallest absolute Gasteiger partial charge is 0.132 e. The van der Waals surface area contributed by atoms with Crippen molar-refractivity contribution in [2.45, 2.75) is 44.9 Å². The van der Waals surface area contributed by atoms with E-state index in [1.807, 2.05) is 18.2 Å². The van der Waals surface area contributed by atoms with Crippen molar-refractivity contribution in [1.82, 2.24) is 0 Å². The molecule has 1 heterocycles. The van der Waals surface area contributed by atoms with Crippen molar-refractivity contribution in [3.05, 3.63) is 29.8 Å². The van der Waals surface area contributed by atoms with Crippen molar-refractivity contribution in [2.24, 2.45) is 0 Å². The molecule has 2 rings (SSSR count). The van der Waals surface area contributed by atoms with Gasteiger partial charge in [0.1, 0.15) is 11.5 Å². The summed E-state index contributed by atoms with van der Waals surface area (Å²) in [5.74, 6) is 1.91. The highest BCUT2D eigenvalue weighted by Crippen LogP contribution is 2.36. The van der Waals surface area contributed by atoms with Crippen molar-refractivity contribution in [2.75, 3.05) is 6.61 Å². The van der Waals surface area contributed by atoms with Crippen LogP contribution in [0.15, 0.2) is 24.3 Å². The number of para-hydroxylation sites is 1. The van der Waals surface area contributed by atoms with E-state index in [2.05, 4.69) is 13.0 Å². The average molecular weight is 232 g/mol. The van der Waals surface area contributed by atoms with E-state index in [1.165, 1.54) is 5.56 Å². The first kappa shape index (κ1) is 12.2. The van der Waals surface area contributed by atoms with Crippen LogP contribution >= 0.6 is 0 Å². The highest BCUT2D eigenvalue weighted by Gasteiger charge is 2.21. The predicted octanol–water partition coefficient (Wildman–Crippen LogP) is 3.70. The van der Waals surface area contributed by atoms with Crippen molar-refractivity contribution < 1.29 is 9.53 Å². The summed E-state index contributed by atoms with van der Waals surface area (Å²) in [4.78, 5) is 11.6. The molecule has 0 fully saturated rings. The van der Waals surface area contributed by atoms with Crippen molar-refractivity contribution in [3.8, 4) is 5.75 Å². The van der Waals surface area contributed by atoms with Crippen LogP contribution in [0.25, 0.3) is 0 Å². The molecule has 1 aliphatic rings. The zero-order chi connectivity index (χ0) is 12.1. The quantitative estimate of drug-likeness (QED) is 0.773. The van der Waals surface area contributed by atoms with E-state index in [9.17, 15) is 4.79 Å². The Balaban J connectivity index is 1.97. The molecule has 1 aromatic carbocycles. The molecule has 0 spiro atoms. The largest absolute Gasteiger partial charge is 0.493 e. The van der Waals surface area contributed by atoms with Gasteiger partial charge in [-0.3, -0.25) is 4.79 Å². The third-order valence-electron chi connectivity index (χ3n) is 3.38. The van der Waals surface area contributed by atoms with Gasteiger partial charge >= 0.3 is 0 Å². The fourth-order valence-electron chi connectivity index (χ4n) is 2.45. The van der Waals surface area contributed by atoms with Crippen LogP contribution in [-0.4, -0.2) is 12.4 Å². The van der Waals surface area contributed by atoms with Gasteiger partial charge in [0.25, 0.3) is 0 Å². The van der Waals surface area contributed by atoms with E-state index in [4.69, 9.17) is 4.74 Å². The summed E-state index contributed by atoms with van der Waals surface area (Å²) in [5, 5.41) is 0. The molecule has 1 aliphatic heterocycles. The van der Waals surface area contributed by atoms with Gasteiger partial charge in [0, 0.05) is 12.8 Å². The fourth-order valence-corrected chi connectivity index (χ4v) is 2.45. The van der Waals surface area contributed by atoms with E-state index in [-0.39, 0.29) is 0 Å². The number of Topliss-reactive ketones (excluding diaryl/α,β-unsaturated/α-hetero) is 1. The second-order valence-corrected chi connectivity index (χ2v) is 4.70. The number of rotatable bonds is 5. The minimum Gasteiger partial charge on any atom is -0.493 e. The van der Waals surface area contributed by atoms with Gasteiger partial charge in [0.05, 0.1) is 6.61 Å². The highest BCUT2D eigenvalue weighted by atomic mass is 16.5. The minimum atomic E-state index is 0.400. The van der Waals surface area contributed by atoms with Gasteiger partial charge in [-0.1, -0.05) is 25.1 Å². The second-order valence-electron chi connectivity index (χ2n) is 4.70. The average Bonchev–Trinajstić information content (AvgIpc) is 2.36. The Morgan fingerprint density at radius 3 is 3.00 bits per heavy atom. The first-order valence-corrected chi connectivity index (χ1v) is 6.54. The molecular weight excluding hydrogens is 212 g/mol. The number of ether oxygens (including phenoxy) is 1. The highest BCUT2D eigenvalue weighted by molar-refractivity contribution is 5.78. The molecule has 1 aromatic rings. The molecule has 0 saturated carbocycles. The first-order chi connectivity index (χ1) is 8.31. The predicted molar refractivity (Wildman–Crippen MR) is 68.4 cm³/mol. The van der Waals surface area contributed by atoms with Crippen LogP contribution in [0.4, 0.5) is 0 Å². The van der Waals surface area contributed by atoms with Gasteiger partial charge in [-0.25, -0.2) is 0 Å². The summed E-state index contributed by atoms with van der Waals surface area (Å²) in [6, 6.07) is 8.21. The fraction of sp³-hybridized carbons (Fsp3) is 0.533. The summed E-state index contributed by atoms with van der Waals surface area (Å²) >= 11 is 0. The molecule has 0 amide bonds. The van der Waals surface area contributed by atoms with Gasteiger partial charge in [-0.15, -0.1) is 0 Å². The van der Waals surface area contributed by atoms with E-state index < -0.39 is 0 Å². The Hall–Kier alpha value is -1.31. The van der Waals surface area contributed by atoms with Crippen LogP contribution in [0.3, 0.4) is 0 Å². The number of carbonyl (C=O) groups is 1. The number of carbonyl (C=O) groups excluding carboxylic acids is 1. The maximum atomic E-state index is 11.6. The Morgan fingerprint density at radius 2 is 2.18 bits per heavy atom. The Labute approximate surface area is 103 Å². The van der Waals surface area contributed by atoms with E-state index in [0.29, 0.717) is 18.1 Å². The summed E-state index contributed by atoms with van der Waals surface area (Å²) < 4.78 is 5.62. The number of ketones is 1. The first-order valence-electron chi connectivity index (χ1n) is 6.54. The van der Waals surface area contributed by atoms with Gasteiger partial charge < -0.3 is 4.74 Å². The molecule has 92 valence electrons. The molecule has 0 aliphatic carbocycles. The summed E-state index contributed by atoms with van der Waals surface area (Å²) in [5.41, 5.74) is 1.28. The summed E-state index contributed by atoms with van der Waals surface area (Å²) in [7, 11) is 0. The number of hydrogen-bond donors (Lipinski definition) is 0. The van der Waals surface area contributed by atoms with Crippen molar-refractivity contribution in [1.29, 1.82) is 0 Å². The van der Waals surface area contributed by atoms with Gasteiger partial charge in [-0.05, 0) is 36.8 Å². The van der Waals surface area contributed by atoms with Crippen LogP contribution in [0, 0.1) is 0 Å². The van der Waals surface area contributed by atoms with Crippen molar-refractivity contribution >= 4 is 5.78 Å². The van der Waals surface area contributed by atoms with Crippen LogP contribution < -0.4 is 4.74 Å². The third kappa shape index (κ3) is 3.09. The Bertz CT molecular complexity index is 384. The van der Waals surface area contributed by atoms with Crippen LogP contribution in [-0.2, 0) is 4.79 Å². The molecule has 1 unspecified atom stereocenters. The Morgan fingerprint density at radius 1 is 1.35 bits per heavy atom. The Kier molecular flexibility index (Phi) is 4.18. The lowest BCUT2D eigenvalue weighted by Crippen LogP contribution is -2.15. The maximum absolute atomic E-state index is 11.6. The van der Waals surface area contributed by atoms with Crippen molar-refractivity contribution in [3.63, 3.8) is 0 Å². The van der Waals surface area contributed by atoms with Crippen LogP contribution in [0.2, 0.25) is 0 Å². The third-order valence-corrected chi connectivity index (χ3v) is 3.38. The van der Waals surface area contributed by atoms with Crippen LogP contribution in [0.1, 0.15) is 50.5 Å².